The molecule has 2 heterocycles. The fraction of sp³-hybridized carbons (Fsp3) is 0.500. The highest BCUT2D eigenvalue weighted by molar-refractivity contribution is 7.99. The molecule has 0 fully saturated rings. The summed E-state index contributed by atoms with van der Waals surface area (Å²) in [7, 11) is 0. The lowest BCUT2D eigenvalue weighted by atomic mass is 10.1. The Morgan fingerprint density at radius 2 is 2.05 bits per heavy atom. The van der Waals surface area contributed by atoms with Crippen molar-refractivity contribution in [3.63, 3.8) is 0 Å². The van der Waals surface area contributed by atoms with Gasteiger partial charge in [-0.1, -0.05) is 11.8 Å². The number of carbonyl (C=O) groups is 1. The third kappa shape index (κ3) is 3.38. The molecule has 20 heavy (non-hydrogen) atoms. The summed E-state index contributed by atoms with van der Waals surface area (Å²) in [5, 5.41) is 17.3. The molecule has 0 radical (unpaired) electrons. The van der Waals surface area contributed by atoms with Crippen molar-refractivity contribution in [2.45, 2.75) is 38.9 Å². The van der Waals surface area contributed by atoms with E-state index < -0.39 is 0 Å². The Bertz CT molecular complexity index is 585. The van der Waals surface area contributed by atoms with Crippen molar-refractivity contribution in [2.24, 2.45) is 0 Å². The van der Waals surface area contributed by atoms with Gasteiger partial charge in [-0.3, -0.25) is 15.0 Å². The standard InChI is InChI=1S/C12H18N6OS/c1-6(11-7(2)15-16-8(11)3)13-10(19)5-20-12-14-9(4)17-18-12/h6H,5H2,1-4H3,(H,13,19)(H,15,16)(H,14,17,18)/t6-/m1/s1. The lowest BCUT2D eigenvalue weighted by Crippen LogP contribution is -2.28. The van der Waals surface area contributed by atoms with Crippen LogP contribution in [0.5, 0.6) is 0 Å². The largest absolute Gasteiger partial charge is 0.349 e. The normalized spacial score (nSPS) is 12.4. The first-order chi connectivity index (χ1) is 9.47. The first-order valence-electron chi connectivity index (χ1n) is 6.30. The summed E-state index contributed by atoms with van der Waals surface area (Å²) in [6, 6.07) is -0.0734. The van der Waals surface area contributed by atoms with E-state index in [0.29, 0.717) is 5.16 Å². The van der Waals surface area contributed by atoms with Crippen molar-refractivity contribution in [1.29, 1.82) is 0 Å². The van der Waals surface area contributed by atoms with Crippen LogP contribution in [0.3, 0.4) is 0 Å². The molecule has 0 aromatic carbocycles. The predicted molar refractivity (Wildman–Crippen MR) is 76.5 cm³/mol. The van der Waals surface area contributed by atoms with Gasteiger partial charge in [0.15, 0.2) is 0 Å². The number of aryl methyl sites for hydroxylation is 3. The smallest absolute Gasteiger partial charge is 0.230 e. The number of H-pyrrole nitrogens is 2. The summed E-state index contributed by atoms with van der Waals surface area (Å²) >= 11 is 1.31. The highest BCUT2D eigenvalue weighted by atomic mass is 32.2. The number of carbonyl (C=O) groups excluding carboxylic acids is 1. The zero-order valence-electron chi connectivity index (χ0n) is 11.9. The van der Waals surface area contributed by atoms with Gasteiger partial charge in [-0.05, 0) is 27.7 Å². The van der Waals surface area contributed by atoms with Crippen molar-refractivity contribution in [3.8, 4) is 0 Å². The molecule has 0 spiro atoms. The number of rotatable bonds is 5. The van der Waals surface area contributed by atoms with Gasteiger partial charge >= 0.3 is 0 Å². The maximum absolute atomic E-state index is 11.9. The fourth-order valence-electron chi connectivity index (χ4n) is 2.07. The lowest BCUT2D eigenvalue weighted by molar-refractivity contribution is -0.119. The molecule has 7 nitrogen and oxygen atoms in total. The molecular formula is C12H18N6OS. The summed E-state index contributed by atoms with van der Waals surface area (Å²) in [6.45, 7) is 7.64. The van der Waals surface area contributed by atoms with Crippen LogP contribution in [-0.2, 0) is 4.79 Å². The summed E-state index contributed by atoms with van der Waals surface area (Å²) in [5.74, 6) is 0.980. The minimum atomic E-state index is -0.0734. The Morgan fingerprint density at radius 1 is 1.30 bits per heavy atom. The predicted octanol–water partition coefficient (Wildman–Crippen LogP) is 1.42. The van der Waals surface area contributed by atoms with Crippen molar-refractivity contribution in [1.82, 2.24) is 30.7 Å². The Labute approximate surface area is 121 Å². The molecule has 0 aliphatic heterocycles. The Hall–Kier alpha value is -1.83. The molecule has 0 saturated heterocycles. The number of hydrogen-bond donors (Lipinski definition) is 3. The molecule has 0 unspecified atom stereocenters. The highest BCUT2D eigenvalue weighted by Crippen LogP contribution is 2.19. The average molecular weight is 294 g/mol. The number of aromatic amines is 2. The van der Waals surface area contributed by atoms with E-state index in [0.717, 1.165) is 22.8 Å². The van der Waals surface area contributed by atoms with Crippen LogP contribution in [0.25, 0.3) is 0 Å². The lowest BCUT2D eigenvalue weighted by Gasteiger charge is -2.14. The minimum Gasteiger partial charge on any atom is -0.349 e. The van der Waals surface area contributed by atoms with Gasteiger partial charge in [-0.15, -0.1) is 5.10 Å². The third-order valence-electron chi connectivity index (χ3n) is 2.90. The summed E-state index contributed by atoms with van der Waals surface area (Å²) in [4.78, 5) is 16.1. The van der Waals surface area contributed by atoms with Gasteiger partial charge in [0.05, 0.1) is 17.5 Å². The van der Waals surface area contributed by atoms with Gasteiger partial charge in [-0.25, -0.2) is 4.98 Å². The molecule has 108 valence electrons. The van der Waals surface area contributed by atoms with Crippen LogP contribution in [0.1, 0.15) is 35.7 Å². The van der Waals surface area contributed by atoms with E-state index in [1.807, 2.05) is 27.7 Å². The van der Waals surface area contributed by atoms with E-state index in [9.17, 15) is 4.79 Å². The van der Waals surface area contributed by atoms with Crippen LogP contribution in [-0.4, -0.2) is 37.0 Å². The van der Waals surface area contributed by atoms with E-state index >= 15 is 0 Å². The van der Waals surface area contributed by atoms with Crippen molar-refractivity contribution >= 4 is 17.7 Å². The van der Waals surface area contributed by atoms with E-state index in [1.54, 1.807) is 0 Å². The number of aromatic nitrogens is 5. The average Bonchev–Trinajstić information content (AvgIpc) is 2.93. The van der Waals surface area contributed by atoms with Crippen LogP contribution < -0.4 is 5.32 Å². The second-order valence-electron chi connectivity index (χ2n) is 4.63. The quantitative estimate of drug-likeness (QED) is 0.724. The monoisotopic (exact) mass is 294 g/mol. The van der Waals surface area contributed by atoms with Crippen LogP contribution in [0.4, 0.5) is 0 Å². The van der Waals surface area contributed by atoms with Crippen LogP contribution in [0.15, 0.2) is 5.16 Å². The molecule has 0 bridgehead atoms. The number of amides is 1. The molecule has 2 aromatic heterocycles. The SMILES string of the molecule is Cc1nc(SCC(=O)N[C@H](C)c2c(C)n[nH]c2C)n[nH]1. The van der Waals surface area contributed by atoms with Crippen molar-refractivity contribution in [3.05, 3.63) is 22.8 Å². The molecular weight excluding hydrogens is 276 g/mol. The highest BCUT2D eigenvalue weighted by Gasteiger charge is 2.16. The van der Waals surface area contributed by atoms with Gasteiger partial charge < -0.3 is 5.32 Å². The molecule has 0 aliphatic carbocycles. The molecule has 0 saturated carbocycles. The van der Waals surface area contributed by atoms with Crippen LogP contribution in [0.2, 0.25) is 0 Å². The zero-order chi connectivity index (χ0) is 14.7. The third-order valence-corrected chi connectivity index (χ3v) is 3.75. The van der Waals surface area contributed by atoms with Crippen molar-refractivity contribution in [2.75, 3.05) is 5.75 Å². The molecule has 1 amide bonds. The zero-order valence-corrected chi connectivity index (χ0v) is 12.8. The number of hydrogen-bond acceptors (Lipinski definition) is 5. The Morgan fingerprint density at radius 3 is 2.60 bits per heavy atom. The van der Waals surface area contributed by atoms with Crippen LogP contribution in [0, 0.1) is 20.8 Å². The fourth-order valence-corrected chi connectivity index (χ4v) is 2.72. The first-order valence-corrected chi connectivity index (χ1v) is 7.28. The van der Waals surface area contributed by atoms with E-state index in [4.69, 9.17) is 0 Å². The van der Waals surface area contributed by atoms with E-state index in [-0.39, 0.29) is 17.7 Å². The van der Waals surface area contributed by atoms with Gasteiger partial charge in [0.25, 0.3) is 0 Å². The molecule has 2 aromatic rings. The van der Waals surface area contributed by atoms with Crippen molar-refractivity contribution < 1.29 is 4.79 Å². The Balaban J connectivity index is 1.88. The summed E-state index contributed by atoms with van der Waals surface area (Å²) in [6.07, 6.45) is 0. The summed E-state index contributed by atoms with van der Waals surface area (Å²) in [5.41, 5.74) is 2.93. The maximum Gasteiger partial charge on any atom is 0.230 e. The molecule has 0 aliphatic rings. The van der Waals surface area contributed by atoms with Crippen LogP contribution >= 0.6 is 11.8 Å². The summed E-state index contributed by atoms with van der Waals surface area (Å²) < 4.78 is 0. The van der Waals surface area contributed by atoms with Gasteiger partial charge in [-0.2, -0.15) is 5.10 Å². The van der Waals surface area contributed by atoms with Gasteiger partial charge in [0.2, 0.25) is 11.1 Å². The second-order valence-corrected chi connectivity index (χ2v) is 5.57. The first kappa shape index (κ1) is 14.6. The molecule has 8 heteroatoms. The van der Waals surface area contributed by atoms with Gasteiger partial charge in [0, 0.05) is 11.3 Å². The molecule has 1 atom stereocenters. The van der Waals surface area contributed by atoms with E-state index in [1.165, 1.54) is 11.8 Å². The topological polar surface area (TPSA) is 99.3 Å². The van der Waals surface area contributed by atoms with E-state index in [2.05, 4.69) is 30.7 Å². The number of nitrogens with zero attached hydrogens (tertiary/aromatic N) is 3. The second kappa shape index (κ2) is 6.08. The van der Waals surface area contributed by atoms with Gasteiger partial charge in [0.1, 0.15) is 5.82 Å². The maximum atomic E-state index is 11.9. The number of nitrogens with one attached hydrogen (secondary N) is 3. The number of thioether (sulfide) groups is 1. The minimum absolute atomic E-state index is 0.0510. The molecule has 2 rings (SSSR count). The molecule has 3 N–H and O–H groups in total. The Kier molecular flexibility index (Phi) is 4.43.